The second kappa shape index (κ2) is 5.27. The third kappa shape index (κ3) is 2.85. The fraction of sp³-hybridized carbons (Fsp3) is 0.357. The molecule has 0 saturated heterocycles. The van der Waals surface area contributed by atoms with Gasteiger partial charge in [0.1, 0.15) is 11.3 Å². The number of furan rings is 1. The molecule has 0 atom stereocenters. The zero-order valence-electron chi connectivity index (χ0n) is 12.1. The fourth-order valence-electron chi connectivity index (χ4n) is 2.41. The van der Waals surface area contributed by atoms with Crippen LogP contribution >= 0.6 is 15.9 Å². The Bertz CT molecular complexity index is 869. The highest BCUT2D eigenvalue weighted by molar-refractivity contribution is 9.10. The van der Waals surface area contributed by atoms with Crippen molar-refractivity contribution in [3.8, 4) is 0 Å². The summed E-state index contributed by atoms with van der Waals surface area (Å²) in [5.41, 5.74) is 1.41. The lowest BCUT2D eigenvalue weighted by molar-refractivity contribution is 0.0962. The van der Waals surface area contributed by atoms with Gasteiger partial charge in [-0.15, -0.1) is 0 Å². The van der Waals surface area contributed by atoms with E-state index in [0.717, 1.165) is 19.1 Å². The molecule has 1 aliphatic carbocycles. The van der Waals surface area contributed by atoms with Gasteiger partial charge < -0.3 is 9.73 Å². The molecule has 1 fully saturated rings. The summed E-state index contributed by atoms with van der Waals surface area (Å²) in [5, 5.41) is 3.30. The first-order chi connectivity index (χ1) is 10.3. The van der Waals surface area contributed by atoms with E-state index in [2.05, 4.69) is 26.0 Å². The first-order valence-electron chi connectivity index (χ1n) is 6.76. The van der Waals surface area contributed by atoms with Crippen molar-refractivity contribution in [3.05, 3.63) is 27.9 Å². The lowest BCUT2D eigenvalue weighted by atomic mass is 10.1. The van der Waals surface area contributed by atoms with Crippen LogP contribution < -0.4 is 10.0 Å². The topological polar surface area (TPSA) is 88.4 Å². The number of sulfonamides is 1. The molecule has 0 bridgehead atoms. The quantitative estimate of drug-likeness (QED) is 0.845. The molecule has 3 rings (SSSR count). The third-order valence-electron chi connectivity index (χ3n) is 3.50. The molecule has 0 spiro atoms. The number of carbonyl (C=O) groups excluding carboxylic acids is 1. The maximum absolute atomic E-state index is 12.2. The second-order valence-electron chi connectivity index (χ2n) is 5.40. The number of nitrogens with one attached hydrogen (secondary N) is 2. The molecule has 2 N–H and O–H groups in total. The van der Waals surface area contributed by atoms with E-state index in [9.17, 15) is 13.2 Å². The van der Waals surface area contributed by atoms with Crippen molar-refractivity contribution < 1.29 is 17.6 Å². The van der Waals surface area contributed by atoms with Crippen LogP contribution in [0.3, 0.4) is 0 Å². The third-order valence-corrected chi connectivity index (χ3v) is 4.75. The van der Waals surface area contributed by atoms with Crippen LogP contribution in [-0.4, -0.2) is 27.6 Å². The average molecular weight is 387 g/mol. The Kier molecular flexibility index (Phi) is 3.68. The van der Waals surface area contributed by atoms with E-state index in [1.54, 1.807) is 19.2 Å². The number of fused-ring (bicyclic) bond motifs is 1. The van der Waals surface area contributed by atoms with E-state index in [1.165, 1.54) is 0 Å². The molecular formula is C14H15BrN2O4S. The highest BCUT2D eigenvalue weighted by atomic mass is 79.9. The van der Waals surface area contributed by atoms with Crippen LogP contribution in [0, 0.1) is 0 Å². The van der Waals surface area contributed by atoms with Crippen molar-refractivity contribution in [3.63, 3.8) is 0 Å². The molecule has 1 saturated carbocycles. The van der Waals surface area contributed by atoms with E-state index in [-0.39, 0.29) is 11.8 Å². The van der Waals surface area contributed by atoms with Crippen molar-refractivity contribution in [2.45, 2.75) is 18.8 Å². The van der Waals surface area contributed by atoms with Crippen molar-refractivity contribution >= 4 is 48.5 Å². The number of anilines is 1. The molecule has 6 nitrogen and oxygen atoms in total. The molecule has 1 heterocycles. The number of halogens is 1. The Hall–Kier alpha value is -1.54. The van der Waals surface area contributed by atoms with Crippen molar-refractivity contribution in [2.75, 3.05) is 18.0 Å². The average Bonchev–Trinajstić information content (AvgIpc) is 3.20. The zero-order valence-corrected chi connectivity index (χ0v) is 14.5. The Balaban J connectivity index is 2.20. The molecule has 1 amide bonds. The molecule has 1 aromatic heterocycles. The molecule has 22 heavy (non-hydrogen) atoms. The molecule has 0 radical (unpaired) electrons. The van der Waals surface area contributed by atoms with E-state index in [0.29, 0.717) is 32.5 Å². The number of amides is 1. The highest BCUT2D eigenvalue weighted by Gasteiger charge is 2.33. The van der Waals surface area contributed by atoms with Crippen molar-refractivity contribution in [1.82, 2.24) is 5.32 Å². The van der Waals surface area contributed by atoms with Gasteiger partial charge in [0.2, 0.25) is 10.0 Å². The molecular weight excluding hydrogens is 372 g/mol. The van der Waals surface area contributed by atoms with Crippen molar-refractivity contribution in [1.29, 1.82) is 0 Å². The van der Waals surface area contributed by atoms with Crippen LogP contribution in [0.2, 0.25) is 0 Å². The number of hydrogen-bond donors (Lipinski definition) is 2. The predicted molar refractivity (Wildman–Crippen MR) is 87.7 cm³/mol. The second-order valence-corrected chi connectivity index (χ2v) is 8.00. The van der Waals surface area contributed by atoms with Crippen LogP contribution in [0.4, 0.5) is 5.69 Å². The molecule has 1 aliphatic rings. The van der Waals surface area contributed by atoms with E-state index < -0.39 is 10.0 Å². The molecule has 0 unspecified atom stereocenters. The van der Waals surface area contributed by atoms with Gasteiger partial charge in [-0.3, -0.25) is 9.52 Å². The summed E-state index contributed by atoms with van der Waals surface area (Å²) < 4.78 is 31.6. The standard InChI is InChI=1S/C14H15BrN2O4S/c1-16-14(18)12-8-5-9(15)10(17-22(2,19)20)6-11(8)21-13(12)7-3-4-7/h5-7,17H,3-4H2,1-2H3,(H,16,18). The van der Waals surface area contributed by atoms with Crippen LogP contribution in [0.1, 0.15) is 34.9 Å². The predicted octanol–water partition coefficient (Wildman–Crippen LogP) is 2.80. The van der Waals surface area contributed by atoms with Crippen LogP contribution in [0.25, 0.3) is 11.0 Å². The molecule has 1 aromatic carbocycles. The van der Waals surface area contributed by atoms with Crippen LogP contribution in [-0.2, 0) is 10.0 Å². The zero-order chi connectivity index (χ0) is 16.1. The molecule has 2 aromatic rings. The summed E-state index contributed by atoms with van der Waals surface area (Å²) in [6.45, 7) is 0. The number of hydrogen-bond acceptors (Lipinski definition) is 4. The Morgan fingerprint density at radius 1 is 1.36 bits per heavy atom. The van der Waals surface area contributed by atoms with Crippen LogP contribution in [0.15, 0.2) is 21.0 Å². The van der Waals surface area contributed by atoms with Crippen molar-refractivity contribution in [2.24, 2.45) is 0 Å². The number of rotatable bonds is 4. The Morgan fingerprint density at radius 3 is 2.59 bits per heavy atom. The van der Waals surface area contributed by atoms with Gasteiger partial charge in [0.15, 0.2) is 0 Å². The summed E-state index contributed by atoms with van der Waals surface area (Å²) in [6, 6.07) is 3.31. The lowest BCUT2D eigenvalue weighted by Gasteiger charge is -2.06. The van der Waals surface area contributed by atoms with Gasteiger partial charge in [-0.25, -0.2) is 8.42 Å². The fourth-order valence-corrected chi connectivity index (χ4v) is 3.55. The van der Waals surface area contributed by atoms with Gasteiger partial charge in [-0.1, -0.05) is 0 Å². The molecule has 0 aliphatic heterocycles. The lowest BCUT2D eigenvalue weighted by Crippen LogP contribution is -2.18. The van der Waals surface area contributed by atoms with Gasteiger partial charge in [0.05, 0.1) is 17.5 Å². The van der Waals surface area contributed by atoms with E-state index >= 15 is 0 Å². The number of benzene rings is 1. The number of carbonyl (C=O) groups is 1. The van der Waals surface area contributed by atoms with Gasteiger partial charge in [-0.05, 0) is 34.8 Å². The van der Waals surface area contributed by atoms with Gasteiger partial charge in [0, 0.05) is 28.9 Å². The Morgan fingerprint density at radius 2 is 2.05 bits per heavy atom. The smallest absolute Gasteiger partial charge is 0.255 e. The van der Waals surface area contributed by atoms with Gasteiger partial charge in [-0.2, -0.15) is 0 Å². The maximum atomic E-state index is 12.2. The van der Waals surface area contributed by atoms with E-state index in [4.69, 9.17) is 4.42 Å². The summed E-state index contributed by atoms with van der Waals surface area (Å²) in [4.78, 5) is 12.2. The van der Waals surface area contributed by atoms with Gasteiger partial charge in [0.25, 0.3) is 5.91 Å². The maximum Gasteiger partial charge on any atom is 0.255 e. The van der Waals surface area contributed by atoms with Gasteiger partial charge >= 0.3 is 0 Å². The Labute approximate surface area is 136 Å². The minimum atomic E-state index is -3.40. The SMILES string of the molecule is CNC(=O)c1c(C2CC2)oc2cc(NS(C)(=O)=O)c(Br)cc12. The summed E-state index contributed by atoms with van der Waals surface area (Å²) >= 11 is 3.34. The molecule has 118 valence electrons. The summed E-state index contributed by atoms with van der Waals surface area (Å²) in [7, 11) is -1.82. The summed E-state index contributed by atoms with van der Waals surface area (Å²) in [6.07, 6.45) is 3.08. The normalized spacial score (nSPS) is 15.0. The highest BCUT2D eigenvalue weighted by Crippen LogP contribution is 2.46. The molecule has 8 heteroatoms. The van der Waals surface area contributed by atoms with Crippen LogP contribution in [0.5, 0.6) is 0 Å². The minimum Gasteiger partial charge on any atom is -0.460 e. The first-order valence-corrected chi connectivity index (χ1v) is 9.44. The minimum absolute atomic E-state index is 0.198. The largest absolute Gasteiger partial charge is 0.460 e. The summed E-state index contributed by atoms with van der Waals surface area (Å²) in [5.74, 6) is 0.749. The first kappa shape index (κ1) is 15.4. The van der Waals surface area contributed by atoms with E-state index in [1.807, 2.05) is 0 Å². The monoisotopic (exact) mass is 386 g/mol.